The summed E-state index contributed by atoms with van der Waals surface area (Å²) in [6, 6.07) is 10.9. The summed E-state index contributed by atoms with van der Waals surface area (Å²) in [6.45, 7) is 0.565. The average molecular weight is 353 g/mol. The van der Waals surface area contributed by atoms with Crippen LogP contribution in [0.5, 0.6) is 5.75 Å². The minimum Gasteiger partial charge on any atom is -0.484 e. The Balaban J connectivity index is 1.78. The molecule has 0 spiro atoms. The normalized spacial score (nSPS) is 17.4. The quantitative estimate of drug-likeness (QED) is 0.895. The van der Waals surface area contributed by atoms with E-state index in [0.29, 0.717) is 11.3 Å². The van der Waals surface area contributed by atoms with Crippen LogP contribution in [0.2, 0.25) is 0 Å². The molecule has 0 radical (unpaired) electrons. The highest BCUT2D eigenvalue weighted by Crippen LogP contribution is 2.31. The van der Waals surface area contributed by atoms with Crippen LogP contribution < -0.4 is 10.5 Å². The van der Waals surface area contributed by atoms with Gasteiger partial charge in [0.15, 0.2) is 6.61 Å². The van der Waals surface area contributed by atoms with Gasteiger partial charge in [-0.3, -0.25) is 14.6 Å². The summed E-state index contributed by atoms with van der Waals surface area (Å²) in [5.74, 6) is -0.00743. The molecule has 0 aliphatic carbocycles. The zero-order valence-corrected chi connectivity index (χ0v) is 14.6. The minimum absolute atomic E-state index is 0.00941. The number of carbonyl (C=O) groups is 2. The minimum atomic E-state index is -0.532. The third kappa shape index (κ3) is 4.39. The van der Waals surface area contributed by atoms with E-state index in [4.69, 9.17) is 10.5 Å². The van der Waals surface area contributed by atoms with Crippen molar-refractivity contribution in [2.24, 2.45) is 5.73 Å². The van der Waals surface area contributed by atoms with Crippen molar-refractivity contribution in [3.05, 3.63) is 59.9 Å². The molecule has 136 valence electrons. The molecule has 1 saturated heterocycles. The van der Waals surface area contributed by atoms with Crippen LogP contribution in [-0.2, 0) is 4.79 Å². The zero-order valence-electron chi connectivity index (χ0n) is 14.6. The summed E-state index contributed by atoms with van der Waals surface area (Å²) in [5.41, 5.74) is 6.80. The van der Waals surface area contributed by atoms with Gasteiger partial charge in [-0.15, -0.1) is 0 Å². The molecule has 2 N–H and O–H groups in total. The molecule has 1 aromatic heterocycles. The second-order valence-corrected chi connectivity index (χ2v) is 6.42. The van der Waals surface area contributed by atoms with E-state index >= 15 is 0 Å². The fourth-order valence-corrected chi connectivity index (χ4v) is 3.30. The van der Waals surface area contributed by atoms with Crippen molar-refractivity contribution < 1.29 is 14.3 Å². The molecule has 1 aliphatic rings. The van der Waals surface area contributed by atoms with Gasteiger partial charge in [-0.2, -0.15) is 0 Å². The molecular weight excluding hydrogens is 330 g/mol. The van der Waals surface area contributed by atoms with Crippen LogP contribution >= 0.6 is 0 Å². The number of aromatic nitrogens is 1. The van der Waals surface area contributed by atoms with E-state index in [-0.39, 0.29) is 18.6 Å². The predicted molar refractivity (Wildman–Crippen MR) is 97.6 cm³/mol. The molecular formula is C20H23N3O3. The molecule has 0 bridgehead atoms. The standard InChI is InChI=1S/C20H23N3O3/c21-19(24)14-26-17-7-5-16(6-8-17)20(25)23-13-3-1-2-4-18(23)15-9-11-22-12-10-15/h5-12,18H,1-4,13-14H2,(H2,21,24)/t18-/m1/s1. The molecule has 2 aromatic rings. The maximum Gasteiger partial charge on any atom is 0.255 e. The first-order valence-electron chi connectivity index (χ1n) is 8.87. The lowest BCUT2D eigenvalue weighted by atomic mass is 10.0. The summed E-state index contributed by atoms with van der Waals surface area (Å²) in [7, 11) is 0. The number of rotatable bonds is 5. The highest BCUT2D eigenvalue weighted by Gasteiger charge is 2.27. The van der Waals surface area contributed by atoms with Crippen LogP contribution in [-0.4, -0.2) is 34.8 Å². The molecule has 6 heteroatoms. The van der Waals surface area contributed by atoms with Gasteiger partial charge in [0, 0.05) is 24.5 Å². The van der Waals surface area contributed by atoms with Crippen LogP contribution in [0.4, 0.5) is 0 Å². The Hall–Kier alpha value is -2.89. The number of primary amides is 1. The summed E-state index contributed by atoms with van der Waals surface area (Å²) in [6.07, 6.45) is 7.74. The van der Waals surface area contributed by atoms with Crippen LogP contribution in [0.15, 0.2) is 48.8 Å². The molecule has 1 fully saturated rings. The number of amides is 2. The monoisotopic (exact) mass is 353 g/mol. The second kappa shape index (κ2) is 8.47. The number of hydrogen-bond donors (Lipinski definition) is 1. The van der Waals surface area contributed by atoms with E-state index < -0.39 is 5.91 Å². The Bertz CT molecular complexity index is 747. The van der Waals surface area contributed by atoms with Crippen LogP contribution in [0.1, 0.15) is 47.6 Å². The van der Waals surface area contributed by atoms with Crippen molar-refractivity contribution in [3.63, 3.8) is 0 Å². The summed E-state index contributed by atoms with van der Waals surface area (Å²) in [4.78, 5) is 29.9. The lowest BCUT2D eigenvalue weighted by Gasteiger charge is -2.30. The number of benzene rings is 1. The van der Waals surface area contributed by atoms with Crippen LogP contribution in [0.25, 0.3) is 0 Å². The molecule has 2 heterocycles. The number of ether oxygens (including phenoxy) is 1. The van der Waals surface area contributed by atoms with E-state index in [1.807, 2.05) is 17.0 Å². The lowest BCUT2D eigenvalue weighted by molar-refractivity contribution is -0.119. The Morgan fingerprint density at radius 2 is 1.81 bits per heavy atom. The van der Waals surface area contributed by atoms with Gasteiger partial charge in [0.1, 0.15) is 5.75 Å². The number of likely N-dealkylation sites (tertiary alicyclic amines) is 1. The highest BCUT2D eigenvalue weighted by atomic mass is 16.5. The Kier molecular flexibility index (Phi) is 5.84. The molecule has 6 nitrogen and oxygen atoms in total. The largest absolute Gasteiger partial charge is 0.484 e. The van der Waals surface area contributed by atoms with E-state index in [0.717, 1.165) is 37.8 Å². The van der Waals surface area contributed by atoms with Gasteiger partial charge in [-0.05, 0) is 54.8 Å². The van der Waals surface area contributed by atoms with Gasteiger partial charge in [0.2, 0.25) is 0 Å². The van der Waals surface area contributed by atoms with Gasteiger partial charge >= 0.3 is 0 Å². The number of pyridine rings is 1. The molecule has 2 amide bonds. The van der Waals surface area contributed by atoms with Crippen LogP contribution in [0.3, 0.4) is 0 Å². The average Bonchev–Trinajstić information content (AvgIpc) is 2.93. The Morgan fingerprint density at radius 3 is 2.50 bits per heavy atom. The molecule has 0 saturated carbocycles. The van der Waals surface area contributed by atoms with Gasteiger partial charge in [0.05, 0.1) is 6.04 Å². The third-order valence-electron chi connectivity index (χ3n) is 4.59. The Morgan fingerprint density at radius 1 is 1.08 bits per heavy atom. The van der Waals surface area contributed by atoms with E-state index in [1.165, 1.54) is 0 Å². The Labute approximate surface area is 153 Å². The smallest absolute Gasteiger partial charge is 0.255 e. The van der Waals surface area contributed by atoms with Crippen LogP contribution in [0, 0.1) is 0 Å². The maximum absolute atomic E-state index is 13.1. The predicted octanol–water partition coefficient (Wildman–Crippen LogP) is 2.70. The zero-order chi connectivity index (χ0) is 18.4. The SMILES string of the molecule is NC(=O)COc1ccc(C(=O)N2CCCCC[C@@H]2c2ccncc2)cc1. The van der Waals surface area contributed by atoms with E-state index in [2.05, 4.69) is 4.98 Å². The van der Waals surface area contributed by atoms with Crippen molar-refractivity contribution in [1.29, 1.82) is 0 Å². The van der Waals surface area contributed by atoms with Gasteiger partial charge < -0.3 is 15.4 Å². The van der Waals surface area contributed by atoms with Crippen molar-refractivity contribution in [1.82, 2.24) is 9.88 Å². The third-order valence-corrected chi connectivity index (χ3v) is 4.59. The van der Waals surface area contributed by atoms with Gasteiger partial charge in [-0.25, -0.2) is 0 Å². The number of hydrogen-bond acceptors (Lipinski definition) is 4. The van der Waals surface area contributed by atoms with Crippen molar-refractivity contribution >= 4 is 11.8 Å². The summed E-state index contributed by atoms with van der Waals surface area (Å²) >= 11 is 0. The summed E-state index contributed by atoms with van der Waals surface area (Å²) < 4.78 is 5.25. The van der Waals surface area contributed by atoms with Crippen molar-refractivity contribution in [2.45, 2.75) is 31.7 Å². The molecule has 1 aromatic carbocycles. The fourth-order valence-electron chi connectivity index (χ4n) is 3.30. The first-order valence-corrected chi connectivity index (χ1v) is 8.87. The topological polar surface area (TPSA) is 85.5 Å². The van der Waals surface area contributed by atoms with E-state index in [9.17, 15) is 9.59 Å². The van der Waals surface area contributed by atoms with Crippen molar-refractivity contribution in [3.8, 4) is 5.75 Å². The van der Waals surface area contributed by atoms with Crippen molar-refractivity contribution in [2.75, 3.05) is 13.2 Å². The van der Waals surface area contributed by atoms with E-state index in [1.54, 1.807) is 36.7 Å². The number of nitrogens with zero attached hydrogens (tertiary/aromatic N) is 2. The molecule has 26 heavy (non-hydrogen) atoms. The number of carbonyl (C=O) groups excluding carboxylic acids is 2. The fraction of sp³-hybridized carbons (Fsp3) is 0.350. The molecule has 1 atom stereocenters. The van der Waals surface area contributed by atoms with Gasteiger partial charge in [-0.1, -0.05) is 12.8 Å². The highest BCUT2D eigenvalue weighted by molar-refractivity contribution is 5.94. The summed E-state index contributed by atoms with van der Waals surface area (Å²) in [5, 5.41) is 0. The number of nitrogens with two attached hydrogens (primary N) is 1. The lowest BCUT2D eigenvalue weighted by Crippen LogP contribution is -2.34. The molecule has 0 unspecified atom stereocenters. The molecule has 1 aliphatic heterocycles. The molecule has 3 rings (SSSR count). The first kappa shape index (κ1) is 17.9. The van der Waals surface area contributed by atoms with Gasteiger partial charge in [0.25, 0.3) is 11.8 Å². The maximum atomic E-state index is 13.1. The second-order valence-electron chi connectivity index (χ2n) is 6.42. The first-order chi connectivity index (χ1) is 12.6.